The van der Waals surface area contributed by atoms with Gasteiger partial charge in [0.15, 0.2) is 0 Å². The minimum atomic E-state index is -0.811. The minimum Gasteiger partial charge on any atom is -0.434 e. The lowest BCUT2D eigenvalue weighted by atomic mass is 9.87. The topological polar surface area (TPSA) is 64.6 Å². The summed E-state index contributed by atoms with van der Waals surface area (Å²) in [5.74, 6) is 0.492. The third-order valence-corrected chi connectivity index (χ3v) is 4.81. The lowest BCUT2D eigenvalue weighted by molar-refractivity contribution is -0.116. The number of ether oxygens (including phenoxy) is 2. The molecule has 142 valence electrons. The maximum Gasteiger partial charge on any atom is 0.513 e. The van der Waals surface area contributed by atoms with E-state index in [0.717, 1.165) is 42.4 Å². The molecule has 5 nitrogen and oxygen atoms in total. The summed E-state index contributed by atoms with van der Waals surface area (Å²) in [7, 11) is 0. The fraction of sp³-hybridized carbons (Fsp3) is 0.524. The Labute approximate surface area is 155 Å². The zero-order chi connectivity index (χ0) is 19.1. The molecule has 26 heavy (non-hydrogen) atoms. The lowest BCUT2D eigenvalue weighted by Crippen LogP contribution is -2.38. The molecular weight excluding hydrogens is 330 g/mol. The zero-order valence-corrected chi connectivity index (χ0v) is 16.1. The van der Waals surface area contributed by atoms with Gasteiger partial charge >= 0.3 is 6.16 Å². The van der Waals surface area contributed by atoms with E-state index in [1.54, 1.807) is 6.92 Å². The number of benzene rings is 1. The second-order valence-corrected chi connectivity index (χ2v) is 7.08. The highest BCUT2D eigenvalue weighted by Gasteiger charge is 2.23. The molecule has 5 heteroatoms. The first-order valence-electron chi connectivity index (χ1n) is 9.32. The van der Waals surface area contributed by atoms with Crippen LogP contribution in [-0.2, 0) is 14.3 Å². The van der Waals surface area contributed by atoms with Gasteiger partial charge in [0.1, 0.15) is 6.26 Å². The second-order valence-electron chi connectivity index (χ2n) is 7.08. The van der Waals surface area contributed by atoms with Crippen molar-refractivity contribution in [2.45, 2.75) is 59.4 Å². The van der Waals surface area contributed by atoms with Crippen LogP contribution in [0.15, 0.2) is 24.5 Å². The summed E-state index contributed by atoms with van der Waals surface area (Å²) in [5, 5.41) is 3.10. The average molecular weight is 359 g/mol. The Balaban J connectivity index is 2.21. The summed E-state index contributed by atoms with van der Waals surface area (Å²) < 4.78 is 9.82. The van der Waals surface area contributed by atoms with E-state index in [-0.39, 0.29) is 18.6 Å². The van der Waals surface area contributed by atoms with Gasteiger partial charge in [0.25, 0.3) is 5.91 Å². The summed E-state index contributed by atoms with van der Waals surface area (Å²) >= 11 is 0. The molecule has 0 heterocycles. The monoisotopic (exact) mass is 359 g/mol. The van der Waals surface area contributed by atoms with E-state index in [1.807, 2.05) is 32.0 Å². The van der Waals surface area contributed by atoms with Crippen molar-refractivity contribution in [3.63, 3.8) is 0 Å². The van der Waals surface area contributed by atoms with Crippen LogP contribution in [0.4, 0.5) is 4.79 Å². The maximum atomic E-state index is 12.9. The summed E-state index contributed by atoms with van der Waals surface area (Å²) in [6.45, 7) is 8.06. The van der Waals surface area contributed by atoms with E-state index < -0.39 is 6.16 Å². The number of rotatable bonds is 5. The number of carbonyl (C=O) groups is 2. The number of carbonyl (C=O) groups excluding carboxylic acids is 2. The Morgan fingerprint density at radius 1 is 1.19 bits per heavy atom. The van der Waals surface area contributed by atoms with Crippen LogP contribution < -0.4 is 5.32 Å². The maximum absolute atomic E-state index is 12.9. The predicted octanol–water partition coefficient (Wildman–Crippen LogP) is 4.51. The molecule has 1 aromatic rings. The summed E-state index contributed by atoms with van der Waals surface area (Å²) in [6.07, 6.45) is 4.59. The van der Waals surface area contributed by atoms with Crippen LogP contribution >= 0.6 is 0 Å². The van der Waals surface area contributed by atoms with E-state index in [0.29, 0.717) is 11.5 Å². The molecule has 1 aliphatic rings. The molecule has 0 atom stereocenters. The molecule has 0 spiro atoms. The molecular formula is C21H29NO4. The van der Waals surface area contributed by atoms with Crippen LogP contribution in [0.5, 0.6) is 0 Å². The molecule has 1 aromatic carbocycles. The Morgan fingerprint density at radius 2 is 1.88 bits per heavy atom. The van der Waals surface area contributed by atoms with Crippen molar-refractivity contribution in [1.29, 1.82) is 0 Å². The van der Waals surface area contributed by atoms with Gasteiger partial charge in [-0.1, -0.05) is 30.7 Å². The molecule has 1 amide bonds. The van der Waals surface area contributed by atoms with Gasteiger partial charge in [-0.25, -0.2) is 4.79 Å². The van der Waals surface area contributed by atoms with E-state index in [4.69, 9.17) is 9.47 Å². The van der Waals surface area contributed by atoms with Crippen LogP contribution in [0, 0.1) is 19.8 Å². The van der Waals surface area contributed by atoms with Gasteiger partial charge in [0.05, 0.1) is 12.2 Å². The Kier molecular flexibility index (Phi) is 7.25. The number of aryl methyl sites for hydroxylation is 2. The molecule has 2 rings (SSSR count). The van der Waals surface area contributed by atoms with E-state index in [2.05, 4.69) is 12.2 Å². The van der Waals surface area contributed by atoms with Crippen molar-refractivity contribution < 1.29 is 19.1 Å². The molecule has 1 aliphatic carbocycles. The van der Waals surface area contributed by atoms with Gasteiger partial charge < -0.3 is 14.8 Å². The largest absolute Gasteiger partial charge is 0.513 e. The van der Waals surface area contributed by atoms with Crippen LogP contribution in [0.25, 0.3) is 5.57 Å². The Bertz CT molecular complexity index is 673. The molecule has 1 fully saturated rings. The second kappa shape index (κ2) is 9.41. The van der Waals surface area contributed by atoms with Gasteiger partial charge in [-0.3, -0.25) is 4.79 Å². The number of hydrogen-bond donors (Lipinski definition) is 1. The van der Waals surface area contributed by atoms with E-state index in [9.17, 15) is 9.59 Å². The van der Waals surface area contributed by atoms with Crippen molar-refractivity contribution in [2.75, 3.05) is 6.61 Å². The first-order chi connectivity index (χ1) is 12.4. The lowest BCUT2D eigenvalue weighted by Gasteiger charge is -2.27. The molecule has 0 aromatic heterocycles. The van der Waals surface area contributed by atoms with Crippen molar-refractivity contribution >= 4 is 17.6 Å². The standard InChI is InChI=1S/C21H29NO4/c1-5-25-21(24)26-13-19(18-12-15(3)6-9-16(18)4)20(23)22-17-10-7-14(2)8-11-17/h6,9,12-14,17H,5,7-8,10-11H2,1-4H3,(H,22,23)/b19-13+. The third kappa shape index (κ3) is 5.61. The Morgan fingerprint density at radius 3 is 2.54 bits per heavy atom. The molecule has 0 bridgehead atoms. The fourth-order valence-electron chi connectivity index (χ4n) is 3.19. The van der Waals surface area contributed by atoms with Gasteiger partial charge in [-0.05, 0) is 63.5 Å². The molecule has 0 aliphatic heterocycles. The summed E-state index contributed by atoms with van der Waals surface area (Å²) in [5.41, 5.74) is 3.09. The van der Waals surface area contributed by atoms with Crippen LogP contribution in [0.1, 0.15) is 56.2 Å². The first kappa shape index (κ1) is 20.0. The fourth-order valence-corrected chi connectivity index (χ4v) is 3.19. The first-order valence-corrected chi connectivity index (χ1v) is 9.32. The highest BCUT2D eigenvalue weighted by atomic mass is 16.7. The van der Waals surface area contributed by atoms with Gasteiger partial charge in [-0.2, -0.15) is 0 Å². The highest BCUT2D eigenvalue weighted by molar-refractivity contribution is 6.19. The van der Waals surface area contributed by atoms with Crippen molar-refractivity contribution in [3.05, 3.63) is 41.2 Å². The average Bonchev–Trinajstić information content (AvgIpc) is 2.60. The normalized spacial score (nSPS) is 20.4. The highest BCUT2D eigenvalue weighted by Crippen LogP contribution is 2.25. The van der Waals surface area contributed by atoms with E-state index in [1.165, 1.54) is 6.26 Å². The third-order valence-electron chi connectivity index (χ3n) is 4.81. The van der Waals surface area contributed by atoms with E-state index >= 15 is 0 Å². The SMILES string of the molecule is CCOC(=O)O/C=C(/C(=O)NC1CCC(C)CC1)c1cc(C)ccc1C. The quantitative estimate of drug-likeness (QED) is 0.477. The molecule has 0 unspecified atom stereocenters. The minimum absolute atomic E-state index is 0.162. The smallest absolute Gasteiger partial charge is 0.434 e. The molecule has 0 saturated heterocycles. The summed E-state index contributed by atoms with van der Waals surface area (Å²) in [4.78, 5) is 24.5. The van der Waals surface area contributed by atoms with Gasteiger partial charge in [-0.15, -0.1) is 0 Å². The predicted molar refractivity (Wildman–Crippen MR) is 102 cm³/mol. The van der Waals surface area contributed by atoms with Crippen LogP contribution in [-0.4, -0.2) is 24.7 Å². The van der Waals surface area contributed by atoms with Crippen molar-refractivity contribution in [1.82, 2.24) is 5.32 Å². The van der Waals surface area contributed by atoms with Crippen LogP contribution in [0.2, 0.25) is 0 Å². The number of nitrogens with one attached hydrogen (secondary N) is 1. The van der Waals surface area contributed by atoms with Crippen molar-refractivity contribution in [3.8, 4) is 0 Å². The molecule has 0 radical (unpaired) electrons. The number of amides is 1. The van der Waals surface area contributed by atoms with Crippen molar-refractivity contribution in [2.24, 2.45) is 5.92 Å². The van der Waals surface area contributed by atoms with Gasteiger partial charge in [0.2, 0.25) is 0 Å². The van der Waals surface area contributed by atoms with Crippen LogP contribution in [0.3, 0.4) is 0 Å². The number of hydrogen-bond acceptors (Lipinski definition) is 4. The molecule has 1 saturated carbocycles. The Hall–Kier alpha value is -2.30. The summed E-state index contributed by atoms with van der Waals surface area (Å²) in [6, 6.07) is 6.04. The zero-order valence-electron chi connectivity index (χ0n) is 16.1. The molecule has 1 N–H and O–H groups in total. The van der Waals surface area contributed by atoms with Gasteiger partial charge in [0, 0.05) is 6.04 Å².